The van der Waals surface area contributed by atoms with Crippen LogP contribution >= 0.6 is 0 Å². The van der Waals surface area contributed by atoms with E-state index in [0.717, 1.165) is 29.0 Å². The zero-order valence-electron chi connectivity index (χ0n) is 4.56. The van der Waals surface area contributed by atoms with Crippen molar-refractivity contribution in [2.45, 2.75) is 0 Å². The molecule has 0 amide bonds. The first-order chi connectivity index (χ1) is 4.50. The van der Waals surface area contributed by atoms with Gasteiger partial charge in [-0.1, -0.05) is 0 Å². The summed E-state index contributed by atoms with van der Waals surface area (Å²) in [6.07, 6.45) is 0. The van der Waals surface area contributed by atoms with Crippen LogP contribution in [0, 0.1) is 10.2 Å². The second-order valence-corrected chi connectivity index (χ2v) is 6.56. The predicted octanol–water partition coefficient (Wildman–Crippen LogP) is -4.67. The fraction of sp³-hybridized carbons (Fsp3) is 0. The van der Waals surface area contributed by atoms with Gasteiger partial charge in [0.25, 0.3) is 0 Å². The van der Waals surface area contributed by atoms with E-state index < -0.39 is 10.2 Å². The molecule has 10 heavy (non-hydrogen) atoms. The number of hydrogen-bond donors (Lipinski definition) is 0. The van der Waals surface area contributed by atoms with Gasteiger partial charge in [0.15, 0.2) is 0 Å². The van der Waals surface area contributed by atoms with Crippen molar-refractivity contribution in [3.63, 3.8) is 0 Å². The molecule has 0 aliphatic rings. The summed E-state index contributed by atoms with van der Waals surface area (Å²) >= 11 is 1.58. The first-order valence-electron chi connectivity index (χ1n) is 1.89. The molecule has 0 aliphatic heterocycles. The van der Waals surface area contributed by atoms with Crippen molar-refractivity contribution < 1.29 is 28.9 Å². The van der Waals surface area contributed by atoms with Crippen LogP contribution < -0.4 is 18.6 Å². The second-order valence-electron chi connectivity index (χ2n) is 1.02. The van der Waals surface area contributed by atoms with E-state index >= 15 is 0 Å². The Bertz CT molecular complexity index is 125. The zero-order valence-corrected chi connectivity index (χ0v) is 8.74. The summed E-state index contributed by atoms with van der Waals surface area (Å²) in [6, 6.07) is 0. The van der Waals surface area contributed by atoms with Crippen LogP contribution in [0.4, 0.5) is 0 Å². The molecule has 1 aromatic rings. The van der Waals surface area contributed by atoms with Crippen molar-refractivity contribution in [2.75, 3.05) is 0 Å². The minimum atomic E-state index is -4.94. The predicted molar refractivity (Wildman–Crippen MR) is 24.7 cm³/mol. The van der Waals surface area contributed by atoms with E-state index in [0.29, 0.717) is 0 Å². The van der Waals surface area contributed by atoms with Gasteiger partial charge in [0, 0.05) is 0 Å². The van der Waals surface area contributed by atoms with Crippen LogP contribution in [-0.4, -0.2) is 29.0 Å². The van der Waals surface area contributed by atoms with E-state index in [2.05, 4.69) is 13.7 Å². The number of hydrogen-bond acceptors (Lipinski definition) is 4. The average Bonchev–Trinajstić information content (AvgIpc) is 2.07. The standard InChI is InChI=1S/C3H3Se2.ClHO4/c1-2-5-3-4-1;2-1(3,4)5/h1-3H;(H,2,3,4,5)/q+1;/p-1. The summed E-state index contributed by atoms with van der Waals surface area (Å²) < 4.78 is 36.3. The first kappa shape index (κ1) is 10.8. The van der Waals surface area contributed by atoms with Crippen LogP contribution in [0.5, 0.6) is 0 Å². The SMILES string of the molecule is [O-][Cl+3]([O-])([O-])[O-].c1c[se+]c[se]1. The van der Waals surface area contributed by atoms with Crippen molar-refractivity contribution in [1.82, 2.24) is 0 Å². The molecule has 0 aliphatic carbocycles. The topological polar surface area (TPSA) is 92.2 Å². The van der Waals surface area contributed by atoms with Crippen molar-refractivity contribution in [2.24, 2.45) is 0 Å². The van der Waals surface area contributed by atoms with Gasteiger partial charge >= 0.3 is 42.7 Å². The summed E-state index contributed by atoms with van der Waals surface area (Å²) in [4.78, 5) is 4.54. The molecule has 0 N–H and O–H groups in total. The van der Waals surface area contributed by atoms with Gasteiger partial charge < -0.3 is 0 Å². The molecule has 0 saturated carbocycles. The molecule has 1 aromatic heterocycles. The molecular weight excluding hydrogens is 293 g/mol. The third-order valence-electron chi connectivity index (χ3n) is 0.324. The fourth-order valence-electron chi connectivity index (χ4n) is 0.160. The minimum absolute atomic E-state index is 0.792. The van der Waals surface area contributed by atoms with Crippen molar-refractivity contribution in [3.05, 3.63) is 13.7 Å². The van der Waals surface area contributed by atoms with Gasteiger partial charge in [0.05, 0.1) is 0 Å². The molecule has 0 bridgehead atoms. The van der Waals surface area contributed by atoms with Crippen molar-refractivity contribution in [1.29, 1.82) is 0 Å². The molecule has 1 rings (SSSR count). The van der Waals surface area contributed by atoms with Crippen molar-refractivity contribution >= 4 is 29.0 Å². The Hall–Kier alpha value is 0.779. The summed E-state index contributed by atoms with van der Waals surface area (Å²) in [7, 11) is -4.94. The quantitative estimate of drug-likeness (QED) is 0.450. The second kappa shape index (κ2) is 5.43. The molecule has 0 saturated heterocycles. The van der Waals surface area contributed by atoms with E-state index in [4.69, 9.17) is 18.6 Å². The molecule has 7 heteroatoms. The van der Waals surface area contributed by atoms with Crippen LogP contribution in [-0.2, 0) is 0 Å². The van der Waals surface area contributed by atoms with E-state index in [1.54, 1.807) is 0 Å². The Morgan fingerprint density at radius 3 is 1.80 bits per heavy atom. The molecule has 0 fully saturated rings. The zero-order chi connectivity index (χ0) is 8.04. The van der Waals surface area contributed by atoms with Gasteiger partial charge in [-0.25, -0.2) is 18.6 Å². The molecule has 0 radical (unpaired) electrons. The molecule has 4 nitrogen and oxygen atoms in total. The Balaban J connectivity index is 0.000000162. The fourth-order valence-corrected chi connectivity index (χ4v) is 4.33. The number of halogens is 1. The van der Waals surface area contributed by atoms with Crippen LogP contribution in [0.3, 0.4) is 0 Å². The van der Waals surface area contributed by atoms with Gasteiger partial charge in [-0.2, -0.15) is 0 Å². The first-order valence-corrected chi connectivity index (χ1v) is 7.08. The molecule has 58 valence electrons. The third-order valence-corrected chi connectivity index (χ3v) is 5.32. The monoisotopic (exact) mass is 298 g/mol. The summed E-state index contributed by atoms with van der Waals surface area (Å²) in [6.45, 7) is 0. The summed E-state index contributed by atoms with van der Waals surface area (Å²) in [5.74, 6) is 0. The van der Waals surface area contributed by atoms with Gasteiger partial charge in [-0.3, -0.25) is 0 Å². The number of rotatable bonds is 0. The Kier molecular flexibility index (Phi) is 5.86. The Labute approximate surface area is 71.6 Å². The maximum absolute atomic E-state index is 8.49. The van der Waals surface area contributed by atoms with Crippen LogP contribution in [0.25, 0.3) is 0 Å². The Morgan fingerprint density at radius 2 is 1.70 bits per heavy atom. The average molecular weight is 296 g/mol. The molecule has 0 spiro atoms. The van der Waals surface area contributed by atoms with E-state index in [-0.39, 0.29) is 0 Å². The van der Waals surface area contributed by atoms with E-state index in [9.17, 15) is 0 Å². The molecule has 0 aromatic carbocycles. The molecule has 0 unspecified atom stereocenters. The van der Waals surface area contributed by atoms with Crippen LogP contribution in [0.1, 0.15) is 0 Å². The van der Waals surface area contributed by atoms with E-state index in [1.165, 1.54) is 0 Å². The van der Waals surface area contributed by atoms with Gasteiger partial charge in [-0.05, 0) is 0 Å². The van der Waals surface area contributed by atoms with Crippen LogP contribution in [0.15, 0.2) is 13.7 Å². The molecule has 1 heterocycles. The molecule has 0 atom stereocenters. The normalized spacial score (nSPS) is 10.0. The van der Waals surface area contributed by atoms with Crippen molar-refractivity contribution in [3.8, 4) is 0 Å². The van der Waals surface area contributed by atoms with Crippen LogP contribution in [0.2, 0.25) is 0 Å². The Morgan fingerprint density at radius 1 is 1.20 bits per heavy atom. The summed E-state index contributed by atoms with van der Waals surface area (Å²) in [5, 5.41) is 0. The van der Waals surface area contributed by atoms with Gasteiger partial charge in [-0.15, -0.1) is 10.2 Å². The van der Waals surface area contributed by atoms with E-state index in [1.807, 2.05) is 0 Å². The van der Waals surface area contributed by atoms with Gasteiger partial charge in [0.1, 0.15) is 0 Å². The van der Waals surface area contributed by atoms with Gasteiger partial charge in [0.2, 0.25) is 0 Å². The maximum atomic E-state index is 8.49. The summed E-state index contributed by atoms with van der Waals surface area (Å²) in [5.41, 5.74) is 0. The molecular formula is C3H3ClO4Se2. The third kappa shape index (κ3) is 15.9.